The minimum absolute atomic E-state index is 0.670. The molecule has 1 atom stereocenters. The summed E-state index contributed by atoms with van der Waals surface area (Å²) >= 11 is 0. The molecule has 2 rings (SSSR count). The average molecular weight is 209 g/mol. The first-order chi connectivity index (χ1) is 7.40. The van der Waals surface area contributed by atoms with Crippen LogP contribution in [0.3, 0.4) is 0 Å². The number of hydrogen-bond acceptors (Lipinski definition) is 3. The Kier molecular flexibility index (Phi) is 4.18. The Morgan fingerprint density at radius 2 is 1.93 bits per heavy atom. The van der Waals surface area contributed by atoms with Crippen LogP contribution in [0.5, 0.6) is 0 Å². The molecule has 0 aromatic heterocycles. The number of hydrogen-bond donors (Lipinski definition) is 1. The molecule has 2 N–H and O–H groups in total. The van der Waals surface area contributed by atoms with Crippen LogP contribution in [0.4, 0.5) is 0 Å². The lowest BCUT2D eigenvalue weighted by molar-refractivity contribution is 0.238. The van der Waals surface area contributed by atoms with E-state index in [1.165, 1.54) is 45.4 Å². The van der Waals surface area contributed by atoms with Gasteiger partial charge in [0.25, 0.3) is 0 Å². The van der Waals surface area contributed by atoms with E-state index in [1.807, 2.05) is 0 Å². The van der Waals surface area contributed by atoms with Crippen molar-refractivity contribution in [1.82, 2.24) is 9.80 Å². The van der Waals surface area contributed by atoms with Gasteiger partial charge in [0, 0.05) is 32.2 Å². The third kappa shape index (κ3) is 3.03. The molecule has 1 unspecified atom stereocenters. The molecule has 15 heavy (non-hydrogen) atoms. The second kappa shape index (κ2) is 5.64. The molecule has 0 amide bonds. The molecule has 0 aliphatic carbocycles. The summed E-state index contributed by atoms with van der Waals surface area (Å²) in [6.45, 7) is 6.93. The van der Waals surface area contributed by atoms with Gasteiger partial charge in [-0.15, -0.1) is 0 Å². The normalized spacial score (nSPS) is 29.5. The Labute approximate surface area is 92.9 Å². The smallest absolute Gasteiger partial charge is 0.0235 e. The molecule has 0 radical (unpaired) electrons. The number of nitrogens with zero attached hydrogens (tertiary/aromatic N) is 2. The summed E-state index contributed by atoms with van der Waals surface area (Å²) in [6.07, 6.45) is 8.43. The molecule has 2 saturated heterocycles. The molecular formula is C12H23N3. The van der Waals surface area contributed by atoms with Crippen molar-refractivity contribution in [2.75, 3.05) is 39.3 Å². The molecule has 2 aliphatic rings. The molecule has 0 bridgehead atoms. The third-order valence-corrected chi connectivity index (χ3v) is 3.57. The van der Waals surface area contributed by atoms with Gasteiger partial charge in [0.2, 0.25) is 0 Å². The first-order valence-corrected chi connectivity index (χ1v) is 6.21. The number of rotatable bonds is 4. The Balaban J connectivity index is 1.71. The summed E-state index contributed by atoms with van der Waals surface area (Å²) in [7, 11) is 0. The summed E-state index contributed by atoms with van der Waals surface area (Å²) in [4.78, 5) is 5.21. The van der Waals surface area contributed by atoms with Crippen LogP contribution in [-0.2, 0) is 0 Å². The topological polar surface area (TPSA) is 32.5 Å². The van der Waals surface area contributed by atoms with Gasteiger partial charge in [-0.25, -0.2) is 0 Å². The van der Waals surface area contributed by atoms with E-state index < -0.39 is 0 Å². The lowest BCUT2D eigenvalue weighted by Crippen LogP contribution is -2.35. The van der Waals surface area contributed by atoms with E-state index in [-0.39, 0.29) is 0 Å². The van der Waals surface area contributed by atoms with Gasteiger partial charge in [0.05, 0.1) is 0 Å². The highest BCUT2D eigenvalue weighted by molar-refractivity contribution is 4.91. The van der Waals surface area contributed by atoms with Gasteiger partial charge >= 0.3 is 0 Å². The molecule has 0 aromatic carbocycles. The lowest BCUT2D eigenvalue weighted by Gasteiger charge is -2.23. The summed E-state index contributed by atoms with van der Waals surface area (Å²) in [5, 5.41) is 0. The van der Waals surface area contributed by atoms with Crippen molar-refractivity contribution in [3.8, 4) is 0 Å². The van der Waals surface area contributed by atoms with Crippen LogP contribution in [0.2, 0.25) is 0 Å². The van der Waals surface area contributed by atoms with Gasteiger partial charge in [-0.1, -0.05) is 12.2 Å². The first kappa shape index (κ1) is 11.1. The van der Waals surface area contributed by atoms with E-state index in [2.05, 4.69) is 22.0 Å². The molecule has 0 saturated carbocycles. The highest BCUT2D eigenvalue weighted by Gasteiger charge is 2.28. The summed E-state index contributed by atoms with van der Waals surface area (Å²) in [6, 6.07) is 0.832. The monoisotopic (exact) mass is 209 g/mol. The minimum Gasteiger partial charge on any atom is -0.327 e. The Morgan fingerprint density at radius 1 is 1.13 bits per heavy atom. The Morgan fingerprint density at radius 3 is 2.67 bits per heavy atom. The number of nitrogens with two attached hydrogens (primary N) is 1. The van der Waals surface area contributed by atoms with Gasteiger partial charge in [0.1, 0.15) is 0 Å². The molecule has 0 spiro atoms. The molecule has 2 aliphatic heterocycles. The van der Waals surface area contributed by atoms with Crippen molar-refractivity contribution in [3.05, 3.63) is 12.2 Å². The lowest BCUT2D eigenvalue weighted by atomic mass is 10.2. The fraction of sp³-hybridized carbons (Fsp3) is 0.833. The van der Waals surface area contributed by atoms with Crippen LogP contribution in [0.15, 0.2) is 12.2 Å². The van der Waals surface area contributed by atoms with Gasteiger partial charge in [-0.05, 0) is 32.4 Å². The van der Waals surface area contributed by atoms with Crippen molar-refractivity contribution in [2.45, 2.75) is 25.3 Å². The van der Waals surface area contributed by atoms with Crippen LogP contribution in [0, 0.1) is 0 Å². The summed E-state index contributed by atoms with van der Waals surface area (Å²) < 4.78 is 0. The van der Waals surface area contributed by atoms with E-state index in [9.17, 15) is 0 Å². The zero-order valence-corrected chi connectivity index (χ0v) is 9.57. The van der Waals surface area contributed by atoms with Gasteiger partial charge < -0.3 is 5.73 Å². The summed E-state index contributed by atoms with van der Waals surface area (Å²) in [5.74, 6) is 0. The van der Waals surface area contributed by atoms with Crippen LogP contribution in [-0.4, -0.2) is 55.1 Å². The molecule has 2 fully saturated rings. The van der Waals surface area contributed by atoms with Crippen LogP contribution in [0.25, 0.3) is 0 Å². The van der Waals surface area contributed by atoms with Crippen LogP contribution in [0.1, 0.15) is 19.3 Å². The summed E-state index contributed by atoms with van der Waals surface area (Å²) in [5.41, 5.74) is 5.43. The Bertz CT molecular complexity index is 209. The standard InChI is InChI=1S/C12H23N3/c13-6-1-2-7-14-10-5-12(11-14)15-8-3-4-9-15/h1-2,12H,3-11,13H2. The Hall–Kier alpha value is -0.380. The van der Waals surface area contributed by atoms with E-state index in [4.69, 9.17) is 5.73 Å². The zero-order valence-electron chi connectivity index (χ0n) is 9.57. The second-order valence-corrected chi connectivity index (χ2v) is 4.65. The maximum Gasteiger partial charge on any atom is 0.0235 e. The maximum absolute atomic E-state index is 5.43. The molecule has 3 nitrogen and oxygen atoms in total. The van der Waals surface area contributed by atoms with Gasteiger partial charge in [-0.2, -0.15) is 0 Å². The predicted octanol–water partition coefficient (Wildman–Crippen LogP) is 0.671. The largest absolute Gasteiger partial charge is 0.327 e. The van der Waals surface area contributed by atoms with Crippen LogP contribution < -0.4 is 5.73 Å². The van der Waals surface area contributed by atoms with Crippen LogP contribution >= 0.6 is 0 Å². The van der Waals surface area contributed by atoms with Crippen molar-refractivity contribution < 1.29 is 0 Å². The highest BCUT2D eigenvalue weighted by Crippen LogP contribution is 2.19. The van der Waals surface area contributed by atoms with Gasteiger partial charge in [-0.3, -0.25) is 9.80 Å². The maximum atomic E-state index is 5.43. The number of likely N-dealkylation sites (tertiary alicyclic amines) is 2. The molecule has 3 heteroatoms. The fourth-order valence-electron chi connectivity index (χ4n) is 2.70. The highest BCUT2D eigenvalue weighted by atomic mass is 15.3. The quantitative estimate of drug-likeness (QED) is 0.691. The van der Waals surface area contributed by atoms with Crippen molar-refractivity contribution in [2.24, 2.45) is 5.73 Å². The van der Waals surface area contributed by atoms with E-state index in [1.54, 1.807) is 0 Å². The van der Waals surface area contributed by atoms with E-state index in [0.717, 1.165) is 12.6 Å². The van der Waals surface area contributed by atoms with Crippen molar-refractivity contribution >= 4 is 0 Å². The third-order valence-electron chi connectivity index (χ3n) is 3.57. The molecular weight excluding hydrogens is 186 g/mol. The fourth-order valence-corrected chi connectivity index (χ4v) is 2.70. The molecule has 2 heterocycles. The predicted molar refractivity (Wildman–Crippen MR) is 63.8 cm³/mol. The van der Waals surface area contributed by atoms with Crippen molar-refractivity contribution in [1.29, 1.82) is 0 Å². The van der Waals surface area contributed by atoms with Gasteiger partial charge in [0.15, 0.2) is 0 Å². The first-order valence-electron chi connectivity index (χ1n) is 6.21. The SMILES string of the molecule is NCC=CCN1CCC(N2CCCC2)C1. The second-order valence-electron chi connectivity index (χ2n) is 4.65. The molecule has 0 aromatic rings. The van der Waals surface area contributed by atoms with E-state index >= 15 is 0 Å². The minimum atomic E-state index is 0.670. The average Bonchev–Trinajstić information content (AvgIpc) is 2.87. The van der Waals surface area contributed by atoms with E-state index in [0.29, 0.717) is 6.54 Å². The molecule has 86 valence electrons. The van der Waals surface area contributed by atoms with Crippen molar-refractivity contribution in [3.63, 3.8) is 0 Å². The zero-order chi connectivity index (χ0) is 10.5.